The van der Waals surface area contributed by atoms with Crippen molar-refractivity contribution in [3.8, 4) is 11.5 Å². The summed E-state index contributed by atoms with van der Waals surface area (Å²) in [6, 6.07) is 26.6. The summed E-state index contributed by atoms with van der Waals surface area (Å²) in [5.74, 6) is 0.440. The molecule has 4 aromatic carbocycles. The maximum Gasteiger partial charge on any atom is 0.264 e. The van der Waals surface area contributed by atoms with Crippen LogP contribution < -0.4 is 19.1 Å². The summed E-state index contributed by atoms with van der Waals surface area (Å²) in [7, 11) is -4.22. The second kappa shape index (κ2) is 11.8. The van der Waals surface area contributed by atoms with Crippen LogP contribution in [0.25, 0.3) is 0 Å². The van der Waals surface area contributed by atoms with Gasteiger partial charge in [-0.05, 0) is 66.2 Å². The number of hydrogen-bond acceptors (Lipinski definition) is 6. The number of nitrogens with one attached hydrogen (secondary N) is 1. The van der Waals surface area contributed by atoms with Crippen molar-refractivity contribution >= 4 is 39.1 Å². The molecule has 0 atom stereocenters. The van der Waals surface area contributed by atoms with Crippen LogP contribution in [-0.2, 0) is 20.6 Å². The number of rotatable bonds is 9. The predicted molar refractivity (Wildman–Crippen MR) is 149 cm³/mol. The monoisotopic (exact) mass is 564 g/mol. The number of sulfonamides is 1. The van der Waals surface area contributed by atoms with Gasteiger partial charge in [-0.25, -0.2) is 12.8 Å². The van der Waals surface area contributed by atoms with Crippen LogP contribution in [0, 0.1) is 5.82 Å². The summed E-state index contributed by atoms with van der Waals surface area (Å²) in [5.41, 5.74) is 1.76. The minimum absolute atomic E-state index is 0.0795. The molecule has 0 aromatic heterocycles. The number of carbonyl (C=O) groups excluding carboxylic acids is 1. The van der Waals surface area contributed by atoms with Crippen molar-refractivity contribution in [3.05, 3.63) is 108 Å². The summed E-state index contributed by atoms with van der Waals surface area (Å²) >= 11 is 1.71. The van der Waals surface area contributed by atoms with Gasteiger partial charge in [0.15, 0.2) is 11.5 Å². The molecular formula is C29H25FN2O5S2. The number of halogens is 1. The van der Waals surface area contributed by atoms with Gasteiger partial charge in [-0.3, -0.25) is 9.10 Å². The zero-order valence-corrected chi connectivity index (χ0v) is 22.4. The lowest BCUT2D eigenvalue weighted by Crippen LogP contribution is -2.38. The molecule has 0 saturated carbocycles. The molecule has 7 nitrogen and oxygen atoms in total. The Balaban J connectivity index is 1.32. The van der Waals surface area contributed by atoms with Crippen LogP contribution in [0.1, 0.15) is 5.56 Å². The van der Waals surface area contributed by atoms with Crippen molar-refractivity contribution in [2.75, 3.05) is 29.4 Å². The minimum Gasteiger partial charge on any atom is -0.486 e. The van der Waals surface area contributed by atoms with Crippen molar-refractivity contribution in [1.29, 1.82) is 0 Å². The molecule has 0 radical (unpaired) electrons. The van der Waals surface area contributed by atoms with E-state index in [9.17, 15) is 17.6 Å². The fraction of sp³-hybridized carbons (Fsp3) is 0.138. The molecule has 1 amide bonds. The van der Waals surface area contributed by atoms with E-state index in [0.717, 1.165) is 32.6 Å². The standard InChI is InChI=1S/C29H25FN2O5S2/c30-22-8-12-24(13-9-22)32(39(34,35)26-14-15-27-28(18-26)37-17-16-36-27)19-29(33)31-23-10-6-21(7-11-23)20-38-25-4-2-1-3-5-25/h1-15,18H,16-17,19-20H2,(H,31,33). The molecule has 1 heterocycles. The van der Waals surface area contributed by atoms with E-state index in [1.54, 1.807) is 23.9 Å². The summed E-state index contributed by atoms with van der Waals surface area (Å²) in [5, 5.41) is 2.76. The quantitative estimate of drug-likeness (QED) is 0.262. The lowest BCUT2D eigenvalue weighted by molar-refractivity contribution is -0.114. The number of amides is 1. The molecule has 0 unspecified atom stereocenters. The van der Waals surface area contributed by atoms with Crippen LogP contribution in [0.3, 0.4) is 0 Å². The maximum absolute atomic E-state index is 13.7. The van der Waals surface area contributed by atoms with Crippen LogP contribution in [-0.4, -0.2) is 34.1 Å². The van der Waals surface area contributed by atoms with Crippen molar-refractivity contribution in [2.24, 2.45) is 0 Å². The number of thioether (sulfide) groups is 1. The smallest absolute Gasteiger partial charge is 0.264 e. The van der Waals surface area contributed by atoms with E-state index in [0.29, 0.717) is 30.4 Å². The average molecular weight is 565 g/mol. The van der Waals surface area contributed by atoms with E-state index >= 15 is 0 Å². The third-order valence-electron chi connectivity index (χ3n) is 5.89. The average Bonchev–Trinajstić information content (AvgIpc) is 2.96. The molecule has 0 bridgehead atoms. The van der Waals surface area contributed by atoms with Gasteiger partial charge >= 0.3 is 0 Å². The molecule has 1 aliphatic heterocycles. The molecule has 0 saturated heterocycles. The highest BCUT2D eigenvalue weighted by atomic mass is 32.2. The van der Waals surface area contributed by atoms with Crippen LogP contribution in [0.2, 0.25) is 0 Å². The number of hydrogen-bond donors (Lipinski definition) is 1. The van der Waals surface area contributed by atoms with E-state index in [1.165, 1.54) is 30.3 Å². The zero-order valence-electron chi connectivity index (χ0n) is 20.7. The number of ether oxygens (including phenoxy) is 2. The highest BCUT2D eigenvalue weighted by molar-refractivity contribution is 7.98. The topological polar surface area (TPSA) is 84.9 Å². The third kappa shape index (κ3) is 6.52. The summed E-state index contributed by atoms with van der Waals surface area (Å²) in [6.07, 6.45) is 0. The SMILES string of the molecule is O=C(CN(c1ccc(F)cc1)S(=O)(=O)c1ccc2c(c1)OCCO2)Nc1ccc(CSc2ccccc2)cc1. The number of benzene rings is 4. The van der Waals surface area contributed by atoms with Gasteiger partial charge in [0.1, 0.15) is 25.6 Å². The van der Waals surface area contributed by atoms with Crippen LogP contribution in [0.4, 0.5) is 15.8 Å². The molecule has 1 aliphatic rings. The first-order chi connectivity index (χ1) is 18.9. The Morgan fingerprint density at radius 3 is 2.28 bits per heavy atom. The number of nitrogens with zero attached hydrogens (tertiary/aromatic N) is 1. The lowest BCUT2D eigenvalue weighted by atomic mass is 10.2. The fourth-order valence-electron chi connectivity index (χ4n) is 3.93. The van der Waals surface area contributed by atoms with Crippen LogP contribution in [0.5, 0.6) is 11.5 Å². The molecule has 5 rings (SSSR count). The first-order valence-corrected chi connectivity index (χ1v) is 14.6. The highest BCUT2D eigenvalue weighted by Gasteiger charge is 2.29. The number of carbonyl (C=O) groups is 1. The van der Waals surface area contributed by atoms with Gasteiger partial charge < -0.3 is 14.8 Å². The van der Waals surface area contributed by atoms with Crippen molar-refractivity contribution < 1.29 is 27.1 Å². The first kappa shape index (κ1) is 26.6. The Labute approximate surface area is 230 Å². The van der Waals surface area contributed by atoms with E-state index in [1.807, 2.05) is 42.5 Å². The number of anilines is 2. The van der Waals surface area contributed by atoms with Gasteiger partial charge in [0.05, 0.1) is 10.6 Å². The highest BCUT2D eigenvalue weighted by Crippen LogP contribution is 2.34. The molecule has 4 aromatic rings. The fourth-order valence-corrected chi connectivity index (χ4v) is 6.24. The van der Waals surface area contributed by atoms with Crippen molar-refractivity contribution in [1.82, 2.24) is 0 Å². The molecule has 0 fully saturated rings. The predicted octanol–water partition coefficient (Wildman–Crippen LogP) is 5.72. The molecular weight excluding hydrogens is 539 g/mol. The zero-order chi connectivity index (χ0) is 27.2. The molecule has 0 aliphatic carbocycles. The Kier molecular flexibility index (Phi) is 8.04. The molecule has 1 N–H and O–H groups in total. The van der Waals surface area contributed by atoms with Crippen LogP contribution in [0.15, 0.2) is 107 Å². The van der Waals surface area contributed by atoms with E-state index < -0.39 is 28.3 Å². The second-order valence-corrected chi connectivity index (χ2v) is 11.6. The third-order valence-corrected chi connectivity index (χ3v) is 8.74. The number of fused-ring (bicyclic) bond motifs is 1. The van der Waals surface area contributed by atoms with E-state index in [2.05, 4.69) is 5.32 Å². The molecule has 0 spiro atoms. The summed E-state index contributed by atoms with van der Waals surface area (Å²) in [4.78, 5) is 14.1. The summed E-state index contributed by atoms with van der Waals surface area (Å²) in [6.45, 7) is 0.145. The molecule has 200 valence electrons. The van der Waals surface area contributed by atoms with E-state index in [4.69, 9.17) is 9.47 Å². The lowest BCUT2D eigenvalue weighted by Gasteiger charge is -2.25. The van der Waals surface area contributed by atoms with Gasteiger partial charge in [-0.2, -0.15) is 0 Å². The van der Waals surface area contributed by atoms with Gasteiger partial charge in [0.25, 0.3) is 10.0 Å². The van der Waals surface area contributed by atoms with Gasteiger partial charge in [0.2, 0.25) is 5.91 Å². The van der Waals surface area contributed by atoms with Crippen molar-refractivity contribution in [2.45, 2.75) is 15.5 Å². The van der Waals surface area contributed by atoms with Gasteiger partial charge in [0, 0.05) is 22.4 Å². The van der Waals surface area contributed by atoms with Gasteiger partial charge in [-0.15, -0.1) is 11.8 Å². The Morgan fingerprint density at radius 1 is 0.872 bits per heavy atom. The Hall–Kier alpha value is -4.02. The van der Waals surface area contributed by atoms with E-state index in [-0.39, 0.29) is 10.6 Å². The summed E-state index contributed by atoms with van der Waals surface area (Å²) < 4.78 is 52.9. The van der Waals surface area contributed by atoms with Crippen molar-refractivity contribution in [3.63, 3.8) is 0 Å². The largest absolute Gasteiger partial charge is 0.486 e. The van der Waals surface area contributed by atoms with Crippen LogP contribution >= 0.6 is 11.8 Å². The Bertz CT molecular complexity index is 1550. The first-order valence-electron chi connectivity index (χ1n) is 12.1. The normalized spacial score (nSPS) is 12.5. The molecule has 10 heteroatoms. The minimum atomic E-state index is -4.22. The maximum atomic E-state index is 13.7. The second-order valence-electron chi connectivity index (χ2n) is 8.64. The van der Waals surface area contributed by atoms with Gasteiger partial charge in [-0.1, -0.05) is 30.3 Å². The molecule has 39 heavy (non-hydrogen) atoms. The Morgan fingerprint density at radius 2 is 1.56 bits per heavy atom.